The van der Waals surface area contributed by atoms with E-state index in [1.807, 2.05) is 39.1 Å². The number of hydrogen-bond acceptors (Lipinski definition) is 5. The zero-order valence-corrected chi connectivity index (χ0v) is 16.0. The number of aromatic nitrogens is 1. The average molecular weight is 362 g/mol. The number of amides is 1. The molecule has 2 aliphatic rings. The van der Waals surface area contributed by atoms with Crippen molar-refractivity contribution in [2.45, 2.75) is 63.1 Å². The molecule has 0 radical (unpaired) electrons. The van der Waals surface area contributed by atoms with Gasteiger partial charge in [-0.05, 0) is 52.2 Å². The van der Waals surface area contributed by atoms with Gasteiger partial charge in [-0.25, -0.2) is 4.79 Å². The Morgan fingerprint density at radius 3 is 2.81 bits per heavy atom. The molecule has 0 aliphatic carbocycles. The van der Waals surface area contributed by atoms with E-state index in [4.69, 9.17) is 14.2 Å². The van der Waals surface area contributed by atoms with E-state index in [0.717, 1.165) is 38.0 Å². The number of rotatable bonds is 4. The summed E-state index contributed by atoms with van der Waals surface area (Å²) in [5.41, 5.74) is 0.233. The Hall–Kier alpha value is -1.66. The highest BCUT2D eigenvalue weighted by molar-refractivity contribution is 5.67. The molecule has 1 amide bonds. The number of carbonyl (C=O) groups is 1. The van der Waals surface area contributed by atoms with Crippen LogP contribution in [0.25, 0.3) is 0 Å². The lowest BCUT2D eigenvalue weighted by molar-refractivity contribution is -0.108. The molecule has 3 rings (SSSR count). The van der Waals surface area contributed by atoms with E-state index in [1.165, 1.54) is 0 Å². The predicted molar refractivity (Wildman–Crippen MR) is 98.1 cm³/mol. The first-order chi connectivity index (χ1) is 12.3. The van der Waals surface area contributed by atoms with Crippen molar-refractivity contribution in [1.82, 2.24) is 10.3 Å². The number of nitrogens with one attached hydrogen (secondary N) is 1. The summed E-state index contributed by atoms with van der Waals surface area (Å²) in [6, 6.07) is 6.05. The second-order valence-electron chi connectivity index (χ2n) is 8.43. The van der Waals surface area contributed by atoms with Gasteiger partial charge in [0.1, 0.15) is 5.60 Å². The van der Waals surface area contributed by atoms with Gasteiger partial charge >= 0.3 is 6.09 Å². The Labute approximate surface area is 155 Å². The van der Waals surface area contributed by atoms with Gasteiger partial charge in [-0.3, -0.25) is 4.98 Å². The molecular formula is C20H30N2O4. The molecule has 1 aromatic rings. The summed E-state index contributed by atoms with van der Waals surface area (Å²) in [5, 5.41) is 2.90. The molecule has 2 atom stereocenters. The highest BCUT2D eigenvalue weighted by atomic mass is 16.6. The summed E-state index contributed by atoms with van der Waals surface area (Å²) >= 11 is 0. The molecule has 144 valence electrons. The van der Waals surface area contributed by atoms with Crippen LogP contribution in [0.4, 0.5) is 4.79 Å². The van der Waals surface area contributed by atoms with Gasteiger partial charge in [0.05, 0.1) is 12.2 Å². The zero-order chi connectivity index (χ0) is 18.7. The molecule has 1 N–H and O–H groups in total. The van der Waals surface area contributed by atoms with E-state index in [1.54, 1.807) is 0 Å². The highest BCUT2D eigenvalue weighted by Gasteiger charge is 2.49. The van der Waals surface area contributed by atoms with Crippen LogP contribution in [0.2, 0.25) is 0 Å². The minimum absolute atomic E-state index is 0.123. The molecule has 2 saturated heterocycles. The van der Waals surface area contributed by atoms with Gasteiger partial charge in [0, 0.05) is 43.5 Å². The van der Waals surface area contributed by atoms with E-state index in [0.29, 0.717) is 19.8 Å². The highest BCUT2D eigenvalue weighted by Crippen LogP contribution is 2.46. The van der Waals surface area contributed by atoms with Gasteiger partial charge in [-0.1, -0.05) is 6.07 Å². The van der Waals surface area contributed by atoms with Gasteiger partial charge in [0.2, 0.25) is 0 Å². The standard InChI is InChI=1S/C20H30N2O4/c1-18(2,3)26-17(23)22-11-7-19(16-6-4-5-10-21-16)8-13-25-20(14-19)9-12-24-15-20/h4-6,10H,7-9,11-15H2,1-3H3,(H,22,23)/t19-,20+/m1/s1. The van der Waals surface area contributed by atoms with Gasteiger partial charge in [0.25, 0.3) is 0 Å². The summed E-state index contributed by atoms with van der Waals surface area (Å²) in [7, 11) is 0. The maximum absolute atomic E-state index is 12.0. The van der Waals surface area contributed by atoms with Crippen molar-refractivity contribution in [2.75, 3.05) is 26.4 Å². The fraction of sp³-hybridized carbons (Fsp3) is 0.700. The average Bonchev–Trinajstić information content (AvgIpc) is 3.01. The fourth-order valence-electron chi connectivity index (χ4n) is 4.02. The van der Waals surface area contributed by atoms with Crippen LogP contribution in [0.5, 0.6) is 0 Å². The van der Waals surface area contributed by atoms with Crippen LogP contribution in [0, 0.1) is 0 Å². The van der Waals surface area contributed by atoms with Gasteiger partial charge in [-0.15, -0.1) is 0 Å². The van der Waals surface area contributed by atoms with Gasteiger partial charge in [0.15, 0.2) is 0 Å². The molecule has 3 heterocycles. The molecule has 0 bridgehead atoms. The molecule has 6 heteroatoms. The molecule has 6 nitrogen and oxygen atoms in total. The van der Waals surface area contributed by atoms with Crippen LogP contribution >= 0.6 is 0 Å². The topological polar surface area (TPSA) is 69.7 Å². The van der Waals surface area contributed by atoms with Crippen LogP contribution < -0.4 is 5.32 Å². The first-order valence-electron chi connectivity index (χ1n) is 9.43. The number of ether oxygens (including phenoxy) is 3. The monoisotopic (exact) mass is 362 g/mol. The summed E-state index contributed by atoms with van der Waals surface area (Å²) in [6.07, 6.45) is 4.94. The largest absolute Gasteiger partial charge is 0.444 e. The minimum Gasteiger partial charge on any atom is -0.444 e. The van der Waals surface area contributed by atoms with Crippen molar-refractivity contribution in [2.24, 2.45) is 0 Å². The summed E-state index contributed by atoms with van der Waals surface area (Å²) in [5.74, 6) is 0. The Morgan fingerprint density at radius 2 is 2.15 bits per heavy atom. The van der Waals surface area contributed by atoms with Crippen molar-refractivity contribution in [1.29, 1.82) is 0 Å². The third-order valence-electron chi connectivity index (χ3n) is 5.20. The molecule has 1 aromatic heterocycles. The number of hydrogen-bond donors (Lipinski definition) is 1. The molecule has 1 spiro atoms. The van der Waals surface area contributed by atoms with E-state index in [-0.39, 0.29) is 17.1 Å². The van der Waals surface area contributed by atoms with Gasteiger partial charge < -0.3 is 19.5 Å². The number of pyridine rings is 1. The molecule has 0 aromatic carbocycles. The van der Waals surface area contributed by atoms with E-state index in [9.17, 15) is 4.79 Å². The molecule has 0 unspecified atom stereocenters. The fourth-order valence-corrected chi connectivity index (χ4v) is 4.02. The first kappa shape index (κ1) is 19.1. The smallest absolute Gasteiger partial charge is 0.407 e. The van der Waals surface area contributed by atoms with Crippen LogP contribution in [0.15, 0.2) is 24.4 Å². The number of carbonyl (C=O) groups excluding carboxylic acids is 1. The quantitative estimate of drug-likeness (QED) is 0.891. The molecule has 0 saturated carbocycles. The second kappa shape index (κ2) is 7.53. The zero-order valence-electron chi connectivity index (χ0n) is 16.0. The molecule has 2 aliphatic heterocycles. The normalized spacial score (nSPS) is 28.9. The summed E-state index contributed by atoms with van der Waals surface area (Å²) < 4.78 is 17.1. The SMILES string of the molecule is CC(C)(C)OC(=O)NCC[C@@]1(c2ccccn2)CCO[C@@]2(CCOC2)C1. The van der Waals surface area contributed by atoms with E-state index >= 15 is 0 Å². The molecule has 26 heavy (non-hydrogen) atoms. The van der Waals surface area contributed by atoms with Crippen LogP contribution in [0.1, 0.15) is 52.1 Å². The Kier molecular flexibility index (Phi) is 5.53. The lowest BCUT2D eigenvalue weighted by Gasteiger charge is -2.45. The first-order valence-corrected chi connectivity index (χ1v) is 9.43. The van der Waals surface area contributed by atoms with Crippen molar-refractivity contribution >= 4 is 6.09 Å². The van der Waals surface area contributed by atoms with Crippen molar-refractivity contribution in [3.05, 3.63) is 30.1 Å². The van der Waals surface area contributed by atoms with E-state index < -0.39 is 5.60 Å². The number of alkyl carbamates (subject to hydrolysis) is 1. The third-order valence-corrected chi connectivity index (χ3v) is 5.20. The van der Waals surface area contributed by atoms with E-state index in [2.05, 4.69) is 16.4 Å². The predicted octanol–water partition coefficient (Wildman–Crippen LogP) is 3.20. The minimum atomic E-state index is -0.493. The van der Waals surface area contributed by atoms with Crippen LogP contribution in [0.3, 0.4) is 0 Å². The van der Waals surface area contributed by atoms with Crippen LogP contribution in [-0.2, 0) is 19.6 Å². The second-order valence-corrected chi connectivity index (χ2v) is 8.43. The van der Waals surface area contributed by atoms with Crippen molar-refractivity contribution in [3.8, 4) is 0 Å². The summed E-state index contributed by atoms with van der Waals surface area (Å²) in [6.45, 7) is 8.21. The molecular weight excluding hydrogens is 332 g/mol. The maximum atomic E-state index is 12.0. The summed E-state index contributed by atoms with van der Waals surface area (Å²) in [4.78, 5) is 16.6. The third kappa shape index (κ3) is 4.54. The maximum Gasteiger partial charge on any atom is 0.407 e. The molecule has 2 fully saturated rings. The lowest BCUT2D eigenvalue weighted by atomic mass is 9.68. The van der Waals surface area contributed by atoms with Crippen molar-refractivity contribution in [3.63, 3.8) is 0 Å². The van der Waals surface area contributed by atoms with Crippen molar-refractivity contribution < 1.29 is 19.0 Å². The Morgan fingerprint density at radius 1 is 1.31 bits per heavy atom. The van der Waals surface area contributed by atoms with Crippen LogP contribution in [-0.4, -0.2) is 48.6 Å². The Balaban J connectivity index is 1.71. The Bertz CT molecular complexity index is 608. The number of nitrogens with zero attached hydrogens (tertiary/aromatic N) is 1. The van der Waals surface area contributed by atoms with Gasteiger partial charge in [-0.2, -0.15) is 0 Å². The lowest BCUT2D eigenvalue weighted by Crippen LogP contribution is -2.49.